The topological polar surface area (TPSA) is 78.9 Å². The van der Waals surface area contributed by atoms with Crippen LogP contribution < -0.4 is 0 Å². The Bertz CT molecular complexity index is 1250. The Labute approximate surface area is 395 Å². The Balaban J connectivity index is 4.54. The van der Waals surface area contributed by atoms with Gasteiger partial charge >= 0.3 is 17.9 Å². The third-order valence-corrected chi connectivity index (χ3v) is 11.1. The first-order valence-corrected chi connectivity index (χ1v) is 26.6. The fourth-order valence-corrected chi connectivity index (χ4v) is 7.10. The smallest absolute Gasteiger partial charge is 0.306 e. The SMILES string of the molecule is CCCCC/C=C\C/C=C\C/C=C\C/C=C\CCCC(=O)O[C@H](COC(=O)CCC/C=C\C/C=C\C/C=C\CCCCCCCC)COC(=O)CCCCCCCCCCCCCC. The largest absolute Gasteiger partial charge is 0.462 e. The van der Waals surface area contributed by atoms with Gasteiger partial charge in [-0.05, 0) is 89.9 Å². The van der Waals surface area contributed by atoms with Crippen LogP contribution in [0.15, 0.2) is 85.1 Å². The molecule has 6 nitrogen and oxygen atoms in total. The standard InChI is InChI=1S/C58H98O6/c1-4-7-10-13-16-19-22-25-27-29-31-33-36-39-42-45-48-51-57(60)63-54-55(53-62-56(59)50-47-44-41-38-35-24-21-18-15-12-9-6-3)64-58(61)52-49-46-43-40-37-34-32-30-28-26-23-20-17-14-11-8-5-2/h17,20,25-28,31-34,39-40,42-43,55H,4-16,18-19,21-24,29-30,35-38,41,44-54H2,1-3H3/b20-17-,27-25-,28-26-,33-31-,34-32-,42-39-,43-40-/t55-/m0/s1. The van der Waals surface area contributed by atoms with Crippen LogP contribution in [0.5, 0.6) is 0 Å². The second-order valence-corrected chi connectivity index (χ2v) is 17.4. The maximum Gasteiger partial charge on any atom is 0.306 e. The lowest BCUT2D eigenvalue weighted by molar-refractivity contribution is -0.167. The summed E-state index contributed by atoms with van der Waals surface area (Å²) in [6.07, 6.45) is 67.2. The van der Waals surface area contributed by atoms with Crippen molar-refractivity contribution in [2.75, 3.05) is 13.2 Å². The van der Waals surface area contributed by atoms with E-state index in [1.165, 1.54) is 128 Å². The first-order valence-electron chi connectivity index (χ1n) is 26.6. The van der Waals surface area contributed by atoms with Gasteiger partial charge in [-0.2, -0.15) is 0 Å². The van der Waals surface area contributed by atoms with Crippen molar-refractivity contribution in [1.29, 1.82) is 0 Å². The summed E-state index contributed by atoms with van der Waals surface area (Å²) in [5.41, 5.74) is 0. The average Bonchev–Trinajstić information content (AvgIpc) is 3.29. The van der Waals surface area contributed by atoms with Crippen LogP contribution in [0, 0.1) is 0 Å². The summed E-state index contributed by atoms with van der Waals surface area (Å²) in [4.78, 5) is 37.9. The molecule has 0 fully saturated rings. The molecule has 366 valence electrons. The lowest BCUT2D eigenvalue weighted by Crippen LogP contribution is -2.30. The van der Waals surface area contributed by atoms with Gasteiger partial charge in [0.25, 0.3) is 0 Å². The third kappa shape index (κ3) is 49.6. The summed E-state index contributed by atoms with van der Waals surface area (Å²) in [6.45, 7) is 6.51. The van der Waals surface area contributed by atoms with Crippen molar-refractivity contribution in [2.45, 2.75) is 252 Å². The first-order chi connectivity index (χ1) is 31.5. The molecule has 64 heavy (non-hydrogen) atoms. The number of carbonyl (C=O) groups is 3. The number of hydrogen-bond acceptors (Lipinski definition) is 6. The van der Waals surface area contributed by atoms with Crippen molar-refractivity contribution in [3.05, 3.63) is 85.1 Å². The summed E-state index contributed by atoms with van der Waals surface area (Å²) in [5.74, 6) is -1.02. The van der Waals surface area contributed by atoms with Crippen LogP contribution in [0.25, 0.3) is 0 Å². The van der Waals surface area contributed by atoms with Gasteiger partial charge in [-0.1, -0.05) is 221 Å². The minimum Gasteiger partial charge on any atom is -0.462 e. The molecule has 0 saturated heterocycles. The van der Waals surface area contributed by atoms with Crippen molar-refractivity contribution < 1.29 is 28.6 Å². The number of carbonyl (C=O) groups excluding carboxylic acids is 3. The molecule has 0 amide bonds. The maximum absolute atomic E-state index is 12.8. The molecule has 6 heteroatoms. The Morgan fingerprint density at radius 2 is 0.578 bits per heavy atom. The summed E-state index contributed by atoms with van der Waals surface area (Å²) in [5, 5.41) is 0. The summed E-state index contributed by atoms with van der Waals surface area (Å²) < 4.78 is 16.7. The van der Waals surface area contributed by atoms with Crippen molar-refractivity contribution >= 4 is 17.9 Å². The monoisotopic (exact) mass is 891 g/mol. The number of unbranched alkanes of at least 4 members (excludes halogenated alkanes) is 22. The van der Waals surface area contributed by atoms with Crippen molar-refractivity contribution in [1.82, 2.24) is 0 Å². The minimum absolute atomic E-state index is 0.113. The van der Waals surface area contributed by atoms with Crippen LogP contribution in [0.2, 0.25) is 0 Å². The van der Waals surface area contributed by atoms with Gasteiger partial charge in [0.15, 0.2) is 6.10 Å². The third-order valence-electron chi connectivity index (χ3n) is 11.1. The van der Waals surface area contributed by atoms with Crippen LogP contribution in [-0.4, -0.2) is 37.2 Å². The molecule has 0 unspecified atom stereocenters. The molecule has 1 atom stereocenters. The van der Waals surface area contributed by atoms with E-state index in [1.807, 2.05) is 0 Å². The van der Waals surface area contributed by atoms with E-state index in [0.717, 1.165) is 64.2 Å². The highest BCUT2D eigenvalue weighted by Gasteiger charge is 2.19. The molecular formula is C58H98O6. The van der Waals surface area contributed by atoms with Gasteiger partial charge in [0.2, 0.25) is 0 Å². The maximum atomic E-state index is 12.8. The minimum atomic E-state index is -0.823. The molecule has 0 bridgehead atoms. The van der Waals surface area contributed by atoms with E-state index in [4.69, 9.17) is 14.2 Å². The fraction of sp³-hybridized carbons (Fsp3) is 0.707. The number of hydrogen-bond donors (Lipinski definition) is 0. The highest BCUT2D eigenvalue weighted by molar-refractivity contribution is 5.71. The van der Waals surface area contributed by atoms with Crippen LogP contribution in [0.4, 0.5) is 0 Å². The van der Waals surface area contributed by atoms with Crippen LogP contribution in [0.1, 0.15) is 245 Å². The lowest BCUT2D eigenvalue weighted by atomic mass is 10.0. The Morgan fingerprint density at radius 1 is 0.312 bits per heavy atom. The number of rotatable bonds is 47. The molecule has 0 aliphatic heterocycles. The predicted octanol–water partition coefficient (Wildman–Crippen LogP) is 17.6. The Morgan fingerprint density at radius 3 is 0.969 bits per heavy atom. The number of allylic oxidation sites excluding steroid dienone is 14. The highest BCUT2D eigenvalue weighted by atomic mass is 16.6. The zero-order chi connectivity index (χ0) is 46.5. The summed E-state index contributed by atoms with van der Waals surface area (Å²) in [6, 6.07) is 0. The molecular weight excluding hydrogens is 793 g/mol. The quantitative estimate of drug-likeness (QED) is 0.0262. The van der Waals surface area contributed by atoms with Gasteiger partial charge < -0.3 is 14.2 Å². The van der Waals surface area contributed by atoms with Gasteiger partial charge in [0.05, 0.1) is 0 Å². The Kier molecular flexibility index (Phi) is 49.4. The van der Waals surface area contributed by atoms with E-state index in [2.05, 4.69) is 106 Å². The fourth-order valence-electron chi connectivity index (χ4n) is 7.10. The second-order valence-electron chi connectivity index (χ2n) is 17.4. The van der Waals surface area contributed by atoms with Gasteiger partial charge in [-0.25, -0.2) is 0 Å². The second kappa shape index (κ2) is 52.2. The van der Waals surface area contributed by atoms with Crippen molar-refractivity contribution in [3.8, 4) is 0 Å². The highest BCUT2D eigenvalue weighted by Crippen LogP contribution is 2.14. The van der Waals surface area contributed by atoms with E-state index in [9.17, 15) is 14.4 Å². The van der Waals surface area contributed by atoms with Gasteiger partial charge in [-0.3, -0.25) is 14.4 Å². The van der Waals surface area contributed by atoms with Gasteiger partial charge in [-0.15, -0.1) is 0 Å². The zero-order valence-corrected chi connectivity index (χ0v) is 41.8. The molecule has 0 spiro atoms. The zero-order valence-electron chi connectivity index (χ0n) is 41.8. The molecule has 0 radical (unpaired) electrons. The number of esters is 3. The van der Waals surface area contributed by atoms with Gasteiger partial charge in [0, 0.05) is 19.3 Å². The van der Waals surface area contributed by atoms with Crippen LogP contribution >= 0.6 is 0 Å². The molecule has 0 aromatic carbocycles. The summed E-state index contributed by atoms with van der Waals surface area (Å²) >= 11 is 0. The first kappa shape index (κ1) is 60.6. The molecule has 0 rings (SSSR count). The molecule has 0 saturated carbocycles. The van der Waals surface area contributed by atoms with E-state index >= 15 is 0 Å². The van der Waals surface area contributed by atoms with Crippen LogP contribution in [0.3, 0.4) is 0 Å². The molecule has 0 aliphatic rings. The molecule has 0 aliphatic carbocycles. The van der Waals surface area contributed by atoms with E-state index < -0.39 is 6.10 Å². The molecule has 0 aromatic heterocycles. The molecule has 0 aromatic rings. The summed E-state index contributed by atoms with van der Waals surface area (Å²) in [7, 11) is 0. The normalized spacial score (nSPS) is 12.7. The van der Waals surface area contributed by atoms with E-state index in [-0.39, 0.29) is 44.0 Å². The Hall–Kier alpha value is -3.41. The van der Waals surface area contributed by atoms with Crippen molar-refractivity contribution in [2.24, 2.45) is 0 Å². The van der Waals surface area contributed by atoms with E-state index in [1.54, 1.807) is 0 Å². The molecule has 0 heterocycles. The van der Waals surface area contributed by atoms with Crippen molar-refractivity contribution in [3.63, 3.8) is 0 Å². The predicted molar refractivity (Wildman–Crippen MR) is 274 cm³/mol. The van der Waals surface area contributed by atoms with Crippen LogP contribution in [-0.2, 0) is 28.6 Å². The van der Waals surface area contributed by atoms with Gasteiger partial charge in [0.1, 0.15) is 13.2 Å². The lowest BCUT2D eigenvalue weighted by Gasteiger charge is -2.18. The number of ether oxygens (including phenoxy) is 3. The average molecular weight is 891 g/mol. The molecule has 0 N–H and O–H groups in total. The van der Waals surface area contributed by atoms with E-state index in [0.29, 0.717) is 19.3 Å².